The number of aromatic nitrogens is 2. The van der Waals surface area contributed by atoms with E-state index in [9.17, 15) is 9.65 Å². The highest BCUT2D eigenvalue weighted by molar-refractivity contribution is 9.10. The Kier molecular flexibility index (Phi) is 3.64. The standard InChI is InChI=1S/C16H11BrFN3O/c1-3-9-6-13(22-10-4-5-10)11(7-19)14(15(9)18)16-12(17)8-20-21(16)2/h1,6,8,10H,4-5H2,2H3. The number of halogens is 2. The summed E-state index contributed by atoms with van der Waals surface area (Å²) < 4.78 is 22.6. The molecule has 0 unspecified atom stereocenters. The number of hydrogen-bond acceptors (Lipinski definition) is 3. The first-order valence-corrected chi connectivity index (χ1v) is 7.43. The molecule has 0 spiro atoms. The molecule has 1 aromatic heterocycles. The molecule has 1 fully saturated rings. The largest absolute Gasteiger partial charge is 0.489 e. The Hall–Kier alpha value is -2.31. The zero-order chi connectivity index (χ0) is 15.9. The number of nitriles is 1. The lowest BCUT2D eigenvalue weighted by molar-refractivity contribution is 0.302. The Balaban J connectivity index is 2.32. The Morgan fingerprint density at radius 2 is 2.27 bits per heavy atom. The van der Waals surface area contributed by atoms with Gasteiger partial charge in [-0.1, -0.05) is 5.92 Å². The lowest BCUT2D eigenvalue weighted by atomic mass is 9.99. The van der Waals surface area contributed by atoms with Gasteiger partial charge in [0, 0.05) is 13.1 Å². The van der Waals surface area contributed by atoms with Crippen LogP contribution < -0.4 is 4.74 Å². The van der Waals surface area contributed by atoms with Crippen molar-refractivity contribution >= 4 is 15.9 Å². The number of nitrogens with zero attached hydrogens (tertiary/aromatic N) is 3. The van der Waals surface area contributed by atoms with Crippen LogP contribution in [0.4, 0.5) is 4.39 Å². The third kappa shape index (κ3) is 2.36. The molecule has 0 saturated heterocycles. The van der Waals surface area contributed by atoms with Crippen molar-refractivity contribution in [2.45, 2.75) is 18.9 Å². The molecule has 0 amide bonds. The fourth-order valence-electron chi connectivity index (χ4n) is 2.22. The van der Waals surface area contributed by atoms with Gasteiger partial charge in [-0.05, 0) is 28.8 Å². The average Bonchev–Trinajstić information content (AvgIpc) is 3.26. The molecular formula is C16H11BrFN3O. The van der Waals surface area contributed by atoms with E-state index in [0.29, 0.717) is 15.9 Å². The van der Waals surface area contributed by atoms with Crippen molar-refractivity contribution < 1.29 is 9.13 Å². The van der Waals surface area contributed by atoms with Crippen LogP contribution in [0.2, 0.25) is 0 Å². The second kappa shape index (κ2) is 5.47. The molecule has 1 heterocycles. The van der Waals surface area contributed by atoms with Crippen LogP contribution in [0, 0.1) is 29.5 Å². The van der Waals surface area contributed by atoms with Crippen LogP contribution in [0.5, 0.6) is 5.75 Å². The van der Waals surface area contributed by atoms with Crippen LogP contribution in [-0.2, 0) is 7.05 Å². The highest BCUT2D eigenvalue weighted by Crippen LogP contribution is 2.39. The Morgan fingerprint density at radius 1 is 1.55 bits per heavy atom. The summed E-state index contributed by atoms with van der Waals surface area (Å²) in [5, 5.41) is 13.6. The monoisotopic (exact) mass is 359 g/mol. The van der Waals surface area contributed by atoms with Gasteiger partial charge >= 0.3 is 0 Å². The van der Waals surface area contributed by atoms with Crippen LogP contribution >= 0.6 is 15.9 Å². The summed E-state index contributed by atoms with van der Waals surface area (Å²) in [5.41, 5.74) is 0.762. The molecule has 0 radical (unpaired) electrons. The number of benzene rings is 1. The second-order valence-corrected chi connectivity index (χ2v) is 5.88. The van der Waals surface area contributed by atoms with Crippen molar-refractivity contribution in [2.75, 3.05) is 0 Å². The van der Waals surface area contributed by atoms with Crippen LogP contribution in [-0.4, -0.2) is 15.9 Å². The predicted octanol–water partition coefficient (Wildman–Crippen LogP) is 3.38. The molecule has 1 saturated carbocycles. The van der Waals surface area contributed by atoms with E-state index in [-0.39, 0.29) is 22.8 Å². The van der Waals surface area contributed by atoms with E-state index in [4.69, 9.17) is 11.2 Å². The van der Waals surface area contributed by atoms with Gasteiger partial charge in [0.05, 0.1) is 33.6 Å². The molecule has 22 heavy (non-hydrogen) atoms. The zero-order valence-electron chi connectivity index (χ0n) is 11.7. The summed E-state index contributed by atoms with van der Waals surface area (Å²) in [6.07, 6.45) is 8.87. The van der Waals surface area contributed by atoms with Gasteiger partial charge in [-0.25, -0.2) is 4.39 Å². The summed E-state index contributed by atoms with van der Waals surface area (Å²) in [7, 11) is 1.67. The summed E-state index contributed by atoms with van der Waals surface area (Å²) in [6, 6.07) is 3.45. The van der Waals surface area contributed by atoms with Gasteiger partial charge in [-0.15, -0.1) is 6.42 Å². The molecule has 6 heteroatoms. The summed E-state index contributed by atoms with van der Waals surface area (Å²) in [4.78, 5) is 0. The van der Waals surface area contributed by atoms with Gasteiger partial charge in [0.15, 0.2) is 0 Å². The van der Waals surface area contributed by atoms with E-state index in [0.717, 1.165) is 12.8 Å². The van der Waals surface area contributed by atoms with E-state index >= 15 is 0 Å². The van der Waals surface area contributed by atoms with Gasteiger partial charge in [0.25, 0.3) is 0 Å². The van der Waals surface area contributed by atoms with Gasteiger partial charge in [0.2, 0.25) is 0 Å². The highest BCUT2D eigenvalue weighted by Gasteiger charge is 2.29. The Morgan fingerprint density at radius 3 is 2.77 bits per heavy atom. The van der Waals surface area contributed by atoms with Crippen molar-refractivity contribution in [1.82, 2.24) is 9.78 Å². The summed E-state index contributed by atoms with van der Waals surface area (Å²) in [6.45, 7) is 0. The molecule has 1 aliphatic rings. The quantitative estimate of drug-likeness (QED) is 0.789. The maximum absolute atomic E-state index is 14.8. The van der Waals surface area contributed by atoms with Crippen LogP contribution in [0.1, 0.15) is 24.0 Å². The van der Waals surface area contributed by atoms with Gasteiger partial charge in [-0.3, -0.25) is 4.68 Å². The van der Waals surface area contributed by atoms with Crippen molar-refractivity contribution in [3.05, 3.63) is 33.7 Å². The number of ether oxygens (including phenoxy) is 1. The lowest BCUT2D eigenvalue weighted by Gasteiger charge is -2.14. The molecule has 0 aliphatic heterocycles. The Bertz CT molecular complexity index is 821. The van der Waals surface area contributed by atoms with Crippen LogP contribution in [0.15, 0.2) is 16.7 Å². The van der Waals surface area contributed by atoms with Crippen molar-refractivity contribution in [3.63, 3.8) is 0 Å². The lowest BCUT2D eigenvalue weighted by Crippen LogP contribution is -2.05. The van der Waals surface area contributed by atoms with Crippen LogP contribution in [0.3, 0.4) is 0 Å². The maximum Gasteiger partial charge on any atom is 0.149 e. The first-order valence-electron chi connectivity index (χ1n) is 6.64. The Labute approximate surface area is 135 Å². The predicted molar refractivity (Wildman–Crippen MR) is 82.6 cm³/mol. The van der Waals surface area contributed by atoms with Crippen LogP contribution in [0.25, 0.3) is 11.3 Å². The summed E-state index contributed by atoms with van der Waals surface area (Å²) in [5.74, 6) is 2.02. The first-order chi connectivity index (χ1) is 10.6. The number of aryl methyl sites for hydroxylation is 1. The van der Waals surface area contributed by atoms with Crippen molar-refractivity contribution in [1.29, 1.82) is 5.26 Å². The first kappa shape index (κ1) is 14.6. The molecular weight excluding hydrogens is 349 g/mol. The second-order valence-electron chi connectivity index (χ2n) is 5.02. The van der Waals surface area contributed by atoms with E-state index in [1.807, 2.05) is 6.07 Å². The molecule has 0 atom stereocenters. The molecule has 110 valence electrons. The van der Waals surface area contributed by atoms with E-state index in [2.05, 4.69) is 26.9 Å². The highest BCUT2D eigenvalue weighted by atomic mass is 79.9. The summed E-state index contributed by atoms with van der Waals surface area (Å²) >= 11 is 3.33. The van der Waals surface area contributed by atoms with Gasteiger partial charge in [0.1, 0.15) is 23.2 Å². The molecule has 2 aromatic rings. The SMILES string of the molecule is C#Cc1cc(OC2CC2)c(C#N)c(-c2c(Br)cnn2C)c1F. The minimum Gasteiger partial charge on any atom is -0.489 e. The van der Waals surface area contributed by atoms with Gasteiger partial charge in [-0.2, -0.15) is 10.4 Å². The maximum atomic E-state index is 14.8. The minimum absolute atomic E-state index is 0.0674. The smallest absolute Gasteiger partial charge is 0.149 e. The number of rotatable bonds is 3. The zero-order valence-corrected chi connectivity index (χ0v) is 13.3. The van der Waals surface area contributed by atoms with E-state index in [1.165, 1.54) is 10.7 Å². The fourth-order valence-corrected chi connectivity index (χ4v) is 2.77. The molecule has 0 N–H and O–H groups in total. The molecule has 0 bridgehead atoms. The minimum atomic E-state index is -0.619. The molecule has 1 aliphatic carbocycles. The van der Waals surface area contributed by atoms with E-state index in [1.54, 1.807) is 13.2 Å². The third-order valence-electron chi connectivity index (χ3n) is 3.44. The molecule has 1 aromatic carbocycles. The van der Waals surface area contributed by atoms with Crippen molar-refractivity contribution in [3.8, 4) is 35.4 Å². The average molecular weight is 360 g/mol. The number of hydrogen-bond donors (Lipinski definition) is 0. The topological polar surface area (TPSA) is 50.8 Å². The molecule has 4 nitrogen and oxygen atoms in total. The molecule has 3 rings (SSSR count). The van der Waals surface area contributed by atoms with Gasteiger partial charge < -0.3 is 4.74 Å². The normalized spacial score (nSPS) is 13.5. The van der Waals surface area contributed by atoms with Crippen molar-refractivity contribution in [2.24, 2.45) is 7.05 Å². The third-order valence-corrected chi connectivity index (χ3v) is 4.02. The number of terminal acetylenes is 1. The fraction of sp³-hybridized carbons (Fsp3) is 0.250. The van der Waals surface area contributed by atoms with E-state index < -0.39 is 5.82 Å².